The number of cyclic esters (lactones) is 1. The molecule has 1 amide bonds. The molecule has 0 aliphatic carbocycles. The Balaban J connectivity index is 1.68. The number of ether oxygens (including phenoxy) is 2. The molecule has 0 spiro atoms. The molecule has 2 atom stereocenters. The summed E-state index contributed by atoms with van der Waals surface area (Å²) in [6, 6.07) is 10.1. The Labute approximate surface area is 119 Å². The lowest BCUT2D eigenvalue weighted by molar-refractivity contribution is -0.00383. The molecular formula is C16H19NO3. The number of carbonyl (C=O) groups is 1. The van der Waals surface area contributed by atoms with E-state index in [4.69, 9.17) is 9.47 Å². The maximum Gasteiger partial charge on any atom is 0.410 e. The fourth-order valence-electron chi connectivity index (χ4n) is 2.71. The number of rotatable bonds is 3. The second-order valence-electron chi connectivity index (χ2n) is 5.17. The van der Waals surface area contributed by atoms with Gasteiger partial charge >= 0.3 is 6.09 Å². The van der Waals surface area contributed by atoms with Gasteiger partial charge in [-0.05, 0) is 18.4 Å². The highest BCUT2D eigenvalue weighted by molar-refractivity contribution is 5.70. The van der Waals surface area contributed by atoms with E-state index in [1.165, 1.54) is 0 Å². The average molecular weight is 273 g/mol. The molecule has 0 unspecified atom stereocenters. The highest BCUT2D eigenvalue weighted by atomic mass is 16.6. The van der Waals surface area contributed by atoms with Crippen molar-refractivity contribution < 1.29 is 14.3 Å². The summed E-state index contributed by atoms with van der Waals surface area (Å²) in [4.78, 5) is 13.5. The van der Waals surface area contributed by atoms with Crippen LogP contribution in [0.25, 0.3) is 0 Å². The predicted octanol–water partition coefficient (Wildman–Crippen LogP) is 2.74. The summed E-state index contributed by atoms with van der Waals surface area (Å²) < 4.78 is 11.2. The number of fused-ring (bicyclic) bond motifs is 1. The monoisotopic (exact) mass is 273 g/mol. The van der Waals surface area contributed by atoms with Crippen LogP contribution >= 0.6 is 0 Å². The molecule has 2 heterocycles. The number of amides is 1. The molecule has 2 aliphatic rings. The maximum absolute atomic E-state index is 11.7. The molecule has 0 aromatic heterocycles. The van der Waals surface area contributed by atoms with Crippen molar-refractivity contribution in [1.82, 2.24) is 4.90 Å². The van der Waals surface area contributed by atoms with E-state index in [0.717, 1.165) is 18.4 Å². The molecule has 20 heavy (non-hydrogen) atoms. The summed E-state index contributed by atoms with van der Waals surface area (Å²) in [5, 5.41) is 0. The lowest BCUT2D eigenvalue weighted by Crippen LogP contribution is -2.44. The van der Waals surface area contributed by atoms with Crippen LogP contribution in [0.5, 0.6) is 0 Å². The number of hydrogen-bond acceptors (Lipinski definition) is 3. The van der Waals surface area contributed by atoms with Gasteiger partial charge in [-0.1, -0.05) is 42.5 Å². The normalized spacial score (nSPS) is 27.4. The first-order chi connectivity index (χ1) is 9.84. The van der Waals surface area contributed by atoms with E-state index in [1.54, 1.807) is 4.90 Å². The van der Waals surface area contributed by atoms with Crippen LogP contribution in [-0.4, -0.2) is 36.3 Å². The third-order valence-electron chi connectivity index (χ3n) is 3.82. The summed E-state index contributed by atoms with van der Waals surface area (Å²) in [6.07, 6.45) is 5.76. The lowest BCUT2D eigenvalue weighted by Gasteiger charge is -2.29. The first-order valence-electron chi connectivity index (χ1n) is 7.08. The van der Waals surface area contributed by atoms with E-state index in [0.29, 0.717) is 19.8 Å². The topological polar surface area (TPSA) is 38.8 Å². The molecule has 0 bridgehead atoms. The minimum absolute atomic E-state index is 0.00166. The first-order valence-corrected chi connectivity index (χ1v) is 7.08. The van der Waals surface area contributed by atoms with Gasteiger partial charge < -0.3 is 9.47 Å². The third kappa shape index (κ3) is 2.85. The fraction of sp³-hybridized carbons (Fsp3) is 0.438. The fourth-order valence-corrected chi connectivity index (χ4v) is 2.71. The van der Waals surface area contributed by atoms with Crippen molar-refractivity contribution in [2.24, 2.45) is 0 Å². The van der Waals surface area contributed by atoms with E-state index in [2.05, 4.69) is 12.2 Å². The van der Waals surface area contributed by atoms with Crippen molar-refractivity contribution >= 4 is 6.09 Å². The predicted molar refractivity (Wildman–Crippen MR) is 75.2 cm³/mol. The lowest BCUT2D eigenvalue weighted by atomic mass is 10.0. The second kappa shape index (κ2) is 6.09. The number of hydrogen-bond donors (Lipinski definition) is 0. The molecular weight excluding hydrogens is 254 g/mol. The number of benzene rings is 1. The number of nitrogens with zero attached hydrogens (tertiary/aromatic N) is 1. The van der Waals surface area contributed by atoms with Gasteiger partial charge in [-0.25, -0.2) is 4.79 Å². The largest absolute Gasteiger partial charge is 0.447 e. The maximum atomic E-state index is 11.7. The van der Waals surface area contributed by atoms with Crippen molar-refractivity contribution in [3.8, 4) is 0 Å². The highest BCUT2D eigenvalue weighted by Crippen LogP contribution is 2.23. The van der Waals surface area contributed by atoms with Crippen LogP contribution in [0.2, 0.25) is 0 Å². The zero-order chi connectivity index (χ0) is 13.8. The average Bonchev–Trinajstić information content (AvgIpc) is 2.80. The van der Waals surface area contributed by atoms with E-state index in [9.17, 15) is 4.79 Å². The minimum Gasteiger partial charge on any atom is -0.447 e. The summed E-state index contributed by atoms with van der Waals surface area (Å²) in [5.41, 5.74) is 1.15. The Kier molecular flexibility index (Phi) is 4.02. The molecule has 4 nitrogen and oxygen atoms in total. The molecule has 1 aromatic rings. The smallest absolute Gasteiger partial charge is 0.410 e. The Morgan fingerprint density at radius 3 is 2.95 bits per heavy atom. The molecule has 0 N–H and O–H groups in total. The Morgan fingerprint density at radius 1 is 1.25 bits per heavy atom. The van der Waals surface area contributed by atoms with Crippen molar-refractivity contribution in [2.75, 3.05) is 13.2 Å². The quantitative estimate of drug-likeness (QED) is 0.795. The van der Waals surface area contributed by atoms with Gasteiger partial charge in [0.15, 0.2) is 0 Å². The van der Waals surface area contributed by atoms with Crippen LogP contribution in [0, 0.1) is 0 Å². The van der Waals surface area contributed by atoms with Crippen LogP contribution < -0.4 is 0 Å². The van der Waals surface area contributed by atoms with Crippen LogP contribution in [0.15, 0.2) is 42.5 Å². The summed E-state index contributed by atoms with van der Waals surface area (Å²) in [6.45, 7) is 1.72. The SMILES string of the molecule is O=C1OC[C@H]2[C@H](OCc3ccccc3)C/C=C\CCN12. The Bertz CT molecular complexity index is 486. The van der Waals surface area contributed by atoms with Gasteiger partial charge in [-0.3, -0.25) is 4.90 Å². The summed E-state index contributed by atoms with van der Waals surface area (Å²) in [5.74, 6) is 0. The third-order valence-corrected chi connectivity index (χ3v) is 3.82. The standard InChI is InChI=1S/C16H19NO3/c18-16-17-10-6-2-5-9-15(14(17)12-20-16)19-11-13-7-3-1-4-8-13/h1-5,7-8,14-15H,6,9-12H2/b5-2-/t14-,15+/m0/s1. The molecule has 2 aliphatic heterocycles. The van der Waals surface area contributed by atoms with Gasteiger partial charge in [-0.15, -0.1) is 0 Å². The summed E-state index contributed by atoms with van der Waals surface area (Å²) >= 11 is 0. The zero-order valence-electron chi connectivity index (χ0n) is 11.4. The summed E-state index contributed by atoms with van der Waals surface area (Å²) in [7, 11) is 0. The number of carbonyl (C=O) groups excluding carboxylic acids is 1. The molecule has 106 valence electrons. The van der Waals surface area contributed by atoms with Crippen LogP contribution in [0.1, 0.15) is 18.4 Å². The van der Waals surface area contributed by atoms with E-state index >= 15 is 0 Å². The van der Waals surface area contributed by atoms with Crippen LogP contribution in [-0.2, 0) is 16.1 Å². The van der Waals surface area contributed by atoms with Gasteiger partial charge in [0, 0.05) is 6.54 Å². The molecule has 1 fully saturated rings. The Morgan fingerprint density at radius 2 is 2.10 bits per heavy atom. The Hall–Kier alpha value is -1.81. The van der Waals surface area contributed by atoms with Gasteiger partial charge in [-0.2, -0.15) is 0 Å². The van der Waals surface area contributed by atoms with Crippen LogP contribution in [0.3, 0.4) is 0 Å². The molecule has 0 saturated carbocycles. The van der Waals surface area contributed by atoms with Gasteiger partial charge in [0.1, 0.15) is 6.61 Å². The first kappa shape index (κ1) is 13.2. The van der Waals surface area contributed by atoms with Crippen molar-refractivity contribution in [2.45, 2.75) is 31.6 Å². The second-order valence-corrected chi connectivity index (χ2v) is 5.17. The van der Waals surface area contributed by atoms with Gasteiger partial charge in [0.05, 0.1) is 18.8 Å². The van der Waals surface area contributed by atoms with Gasteiger partial charge in [0.2, 0.25) is 0 Å². The highest BCUT2D eigenvalue weighted by Gasteiger charge is 2.38. The van der Waals surface area contributed by atoms with Crippen molar-refractivity contribution in [3.05, 3.63) is 48.0 Å². The van der Waals surface area contributed by atoms with Crippen LogP contribution in [0.4, 0.5) is 4.79 Å². The molecule has 1 aromatic carbocycles. The molecule has 0 radical (unpaired) electrons. The van der Waals surface area contributed by atoms with Gasteiger partial charge in [0.25, 0.3) is 0 Å². The molecule has 3 rings (SSSR count). The zero-order valence-corrected chi connectivity index (χ0v) is 11.4. The molecule has 1 saturated heterocycles. The van der Waals surface area contributed by atoms with E-state index < -0.39 is 0 Å². The van der Waals surface area contributed by atoms with Crippen molar-refractivity contribution in [3.63, 3.8) is 0 Å². The molecule has 4 heteroatoms. The van der Waals surface area contributed by atoms with Crippen molar-refractivity contribution in [1.29, 1.82) is 0 Å². The minimum atomic E-state index is -0.210. The van der Waals surface area contributed by atoms with E-state index in [-0.39, 0.29) is 18.2 Å². The van der Waals surface area contributed by atoms with E-state index in [1.807, 2.05) is 30.3 Å².